The van der Waals surface area contributed by atoms with Crippen LogP contribution in [0.4, 0.5) is 0 Å². The van der Waals surface area contributed by atoms with E-state index < -0.39 is 0 Å². The van der Waals surface area contributed by atoms with Crippen molar-refractivity contribution in [3.63, 3.8) is 0 Å². The number of allylic oxidation sites excluding steroid dienone is 4. The summed E-state index contributed by atoms with van der Waals surface area (Å²) in [4.78, 5) is 11.9. The summed E-state index contributed by atoms with van der Waals surface area (Å²) in [5, 5.41) is 2.47. The van der Waals surface area contributed by atoms with Crippen molar-refractivity contribution in [3.05, 3.63) is 65.8 Å². The average Bonchev–Trinajstić information content (AvgIpc) is 2.57. The summed E-state index contributed by atoms with van der Waals surface area (Å²) in [6.45, 7) is 8.12. The number of rotatable bonds is 6. The molecular weight excluding hydrogens is 280 g/mol. The molecule has 0 saturated heterocycles. The minimum absolute atomic E-state index is 0.133. The predicted molar refractivity (Wildman–Crippen MR) is 100 cm³/mol. The maximum atomic E-state index is 11.9. The fourth-order valence-electron chi connectivity index (χ4n) is 2.55. The first-order valence-electron chi connectivity index (χ1n) is 8.39. The van der Waals surface area contributed by atoms with Gasteiger partial charge >= 0.3 is 0 Å². The quantitative estimate of drug-likeness (QED) is 0.459. The summed E-state index contributed by atoms with van der Waals surface area (Å²) in [6, 6.07) is 14.8. The maximum Gasteiger partial charge on any atom is 0.159 e. The van der Waals surface area contributed by atoms with Crippen molar-refractivity contribution in [2.75, 3.05) is 0 Å². The lowest BCUT2D eigenvalue weighted by Gasteiger charge is -2.07. The van der Waals surface area contributed by atoms with Crippen LogP contribution in [0.1, 0.15) is 46.1 Å². The van der Waals surface area contributed by atoms with Crippen LogP contribution in [0.25, 0.3) is 16.3 Å². The molecule has 0 N–H and O–H groups in total. The molecule has 0 aromatic heterocycles. The lowest BCUT2D eigenvalue weighted by atomic mass is 9.97. The third-order valence-electron chi connectivity index (χ3n) is 4.42. The van der Waals surface area contributed by atoms with Gasteiger partial charge in [-0.2, -0.15) is 0 Å². The molecule has 0 fully saturated rings. The van der Waals surface area contributed by atoms with E-state index in [4.69, 9.17) is 0 Å². The van der Waals surface area contributed by atoms with Gasteiger partial charge < -0.3 is 0 Å². The van der Waals surface area contributed by atoms with Gasteiger partial charge in [0, 0.05) is 5.57 Å². The first-order valence-corrected chi connectivity index (χ1v) is 8.39. The van der Waals surface area contributed by atoms with E-state index in [0.29, 0.717) is 5.92 Å². The Labute approximate surface area is 139 Å². The lowest BCUT2D eigenvalue weighted by Crippen LogP contribution is -1.97. The number of fused-ring (bicyclic) bond motifs is 1. The average molecular weight is 306 g/mol. The molecule has 1 heteroatoms. The van der Waals surface area contributed by atoms with Crippen LogP contribution in [0.5, 0.6) is 0 Å². The van der Waals surface area contributed by atoms with E-state index in [1.807, 2.05) is 6.08 Å². The van der Waals surface area contributed by atoms with Gasteiger partial charge in [0.05, 0.1) is 0 Å². The Balaban J connectivity index is 2.31. The molecule has 2 aromatic carbocycles. The third-order valence-corrected chi connectivity index (χ3v) is 4.42. The van der Waals surface area contributed by atoms with Crippen molar-refractivity contribution in [3.8, 4) is 0 Å². The molecule has 2 aromatic rings. The number of carbonyl (C=O) groups excluding carboxylic acids is 1. The van der Waals surface area contributed by atoms with Gasteiger partial charge in [-0.15, -0.1) is 0 Å². The number of hydrogen-bond acceptors (Lipinski definition) is 1. The molecule has 0 amide bonds. The lowest BCUT2D eigenvalue weighted by molar-refractivity contribution is -0.113. The highest BCUT2D eigenvalue weighted by molar-refractivity contribution is 5.98. The van der Waals surface area contributed by atoms with Crippen LogP contribution in [-0.4, -0.2) is 5.78 Å². The zero-order chi connectivity index (χ0) is 16.8. The molecule has 1 atom stereocenters. The van der Waals surface area contributed by atoms with Crippen molar-refractivity contribution in [2.45, 2.75) is 40.5 Å². The normalized spacial score (nSPS) is 14.1. The van der Waals surface area contributed by atoms with Gasteiger partial charge in [0.25, 0.3) is 0 Å². The molecule has 120 valence electrons. The Morgan fingerprint density at radius 1 is 1.09 bits per heavy atom. The standard InChI is InChI=1S/C22H26O/c1-5-16(2)10-11-21(18(4)23)14-17(3)20-13-12-19-8-6-7-9-22(19)15-20/h6-9,11-16H,5,10H2,1-4H3/b17-14+,21-11+. The topological polar surface area (TPSA) is 17.1 Å². The molecule has 0 radical (unpaired) electrons. The number of carbonyl (C=O) groups is 1. The second-order valence-electron chi connectivity index (χ2n) is 6.35. The molecule has 23 heavy (non-hydrogen) atoms. The summed E-state index contributed by atoms with van der Waals surface area (Å²) < 4.78 is 0. The molecule has 0 saturated carbocycles. The first-order chi connectivity index (χ1) is 11.0. The summed E-state index contributed by atoms with van der Waals surface area (Å²) in [5.74, 6) is 0.743. The molecule has 0 heterocycles. The molecule has 0 aliphatic carbocycles. The van der Waals surface area contributed by atoms with Crippen LogP contribution in [-0.2, 0) is 4.79 Å². The van der Waals surface area contributed by atoms with Gasteiger partial charge in [0.15, 0.2) is 5.78 Å². The first kappa shape index (κ1) is 17.2. The minimum Gasteiger partial charge on any atom is -0.295 e. The van der Waals surface area contributed by atoms with E-state index in [-0.39, 0.29) is 5.78 Å². The van der Waals surface area contributed by atoms with Crippen LogP contribution in [0, 0.1) is 5.92 Å². The van der Waals surface area contributed by atoms with Crippen LogP contribution < -0.4 is 0 Å². The molecule has 1 unspecified atom stereocenters. The Kier molecular flexibility index (Phi) is 5.92. The molecule has 0 aliphatic rings. The second kappa shape index (κ2) is 7.92. The van der Waals surface area contributed by atoms with E-state index in [2.05, 4.69) is 69.3 Å². The van der Waals surface area contributed by atoms with E-state index in [1.54, 1.807) is 6.92 Å². The summed E-state index contributed by atoms with van der Waals surface area (Å²) in [6.07, 6.45) is 6.19. The molecule has 0 bridgehead atoms. The molecule has 0 aliphatic heterocycles. The monoisotopic (exact) mass is 306 g/mol. The van der Waals surface area contributed by atoms with Gasteiger partial charge in [-0.25, -0.2) is 0 Å². The van der Waals surface area contributed by atoms with Crippen LogP contribution >= 0.6 is 0 Å². The van der Waals surface area contributed by atoms with Crippen LogP contribution in [0.3, 0.4) is 0 Å². The van der Waals surface area contributed by atoms with Gasteiger partial charge in [-0.3, -0.25) is 4.79 Å². The highest BCUT2D eigenvalue weighted by atomic mass is 16.1. The fourth-order valence-corrected chi connectivity index (χ4v) is 2.55. The molecule has 0 spiro atoms. The van der Waals surface area contributed by atoms with Crippen molar-refractivity contribution < 1.29 is 4.79 Å². The Morgan fingerprint density at radius 2 is 1.78 bits per heavy atom. The number of ketones is 1. The zero-order valence-corrected chi connectivity index (χ0v) is 14.6. The van der Waals surface area contributed by atoms with Crippen molar-refractivity contribution in [1.29, 1.82) is 0 Å². The number of Topliss-reactive ketones (excluding diaryl/α,β-unsaturated/α-hetero) is 1. The van der Waals surface area contributed by atoms with Crippen molar-refractivity contribution in [2.24, 2.45) is 5.92 Å². The number of benzene rings is 2. The smallest absolute Gasteiger partial charge is 0.159 e. The molecular formula is C22H26O. The summed E-state index contributed by atoms with van der Waals surface area (Å²) in [5.41, 5.74) is 3.11. The highest BCUT2D eigenvalue weighted by Crippen LogP contribution is 2.22. The van der Waals surface area contributed by atoms with Gasteiger partial charge in [0.1, 0.15) is 0 Å². The SMILES string of the molecule is CCC(C)C/C=C(\C=C(/C)c1ccc2ccccc2c1)C(C)=O. The third kappa shape index (κ3) is 4.66. The van der Waals surface area contributed by atoms with Gasteiger partial charge in [0.2, 0.25) is 0 Å². The second-order valence-corrected chi connectivity index (χ2v) is 6.35. The zero-order valence-electron chi connectivity index (χ0n) is 14.6. The van der Waals surface area contributed by atoms with Gasteiger partial charge in [-0.05, 0) is 60.2 Å². The van der Waals surface area contributed by atoms with E-state index in [9.17, 15) is 4.79 Å². The molecule has 2 rings (SSSR count). The van der Waals surface area contributed by atoms with Crippen molar-refractivity contribution >= 4 is 22.1 Å². The Morgan fingerprint density at radius 3 is 2.43 bits per heavy atom. The molecule has 1 nitrogen and oxygen atoms in total. The van der Waals surface area contributed by atoms with E-state index in [0.717, 1.165) is 24.0 Å². The fraction of sp³-hybridized carbons (Fsp3) is 0.318. The van der Waals surface area contributed by atoms with Gasteiger partial charge in [-0.1, -0.05) is 62.7 Å². The largest absolute Gasteiger partial charge is 0.295 e. The Hall–Kier alpha value is -2.15. The summed E-state index contributed by atoms with van der Waals surface area (Å²) >= 11 is 0. The van der Waals surface area contributed by atoms with Crippen molar-refractivity contribution in [1.82, 2.24) is 0 Å². The predicted octanol–water partition coefficient (Wildman–Crippen LogP) is 6.19. The van der Waals surface area contributed by atoms with E-state index in [1.165, 1.54) is 16.3 Å². The highest BCUT2D eigenvalue weighted by Gasteiger charge is 2.05. The minimum atomic E-state index is 0.133. The van der Waals surface area contributed by atoms with Crippen LogP contribution in [0.2, 0.25) is 0 Å². The summed E-state index contributed by atoms with van der Waals surface area (Å²) in [7, 11) is 0. The van der Waals surface area contributed by atoms with E-state index >= 15 is 0 Å². The van der Waals surface area contributed by atoms with Crippen LogP contribution in [0.15, 0.2) is 60.2 Å². The number of hydrogen-bond donors (Lipinski definition) is 0. The Bertz CT molecular complexity index is 749. The maximum absolute atomic E-state index is 11.9.